The maximum Gasteiger partial charge on any atom is 0.326 e. The van der Waals surface area contributed by atoms with E-state index in [0.29, 0.717) is 18.2 Å². The molecule has 1 fully saturated rings. The van der Waals surface area contributed by atoms with Crippen molar-refractivity contribution in [1.82, 2.24) is 9.88 Å². The number of nitrogens with zero attached hydrogens (tertiary/aromatic N) is 1. The van der Waals surface area contributed by atoms with E-state index >= 15 is 0 Å². The van der Waals surface area contributed by atoms with Crippen LogP contribution in [0.4, 0.5) is 5.69 Å². The lowest BCUT2D eigenvalue weighted by atomic mass is 10.4. The monoisotopic (exact) mass is 279 g/mol. The number of amides is 1. The Morgan fingerprint density at radius 2 is 2.15 bits per heavy atom. The molecule has 20 heavy (non-hydrogen) atoms. The van der Waals surface area contributed by atoms with Crippen molar-refractivity contribution in [3.8, 4) is 0 Å². The third kappa shape index (κ3) is 4.42. The number of ether oxygens (including phenoxy) is 1. The van der Waals surface area contributed by atoms with Crippen LogP contribution < -0.4 is 16.6 Å². The van der Waals surface area contributed by atoms with Crippen molar-refractivity contribution in [3.63, 3.8) is 0 Å². The van der Waals surface area contributed by atoms with Gasteiger partial charge < -0.3 is 20.4 Å². The van der Waals surface area contributed by atoms with Gasteiger partial charge in [0.15, 0.2) is 6.61 Å². The van der Waals surface area contributed by atoms with Gasteiger partial charge in [-0.25, -0.2) is 0 Å². The lowest BCUT2D eigenvalue weighted by Gasteiger charge is -2.07. The van der Waals surface area contributed by atoms with Gasteiger partial charge in [0.05, 0.1) is 0 Å². The number of anilines is 1. The molecule has 108 valence electrons. The van der Waals surface area contributed by atoms with E-state index in [1.54, 1.807) is 0 Å². The zero-order chi connectivity index (χ0) is 14.5. The summed E-state index contributed by atoms with van der Waals surface area (Å²) in [5.74, 6) is -0.412. The predicted octanol–water partition coefficient (Wildman–Crippen LogP) is -0.500. The summed E-state index contributed by atoms with van der Waals surface area (Å²) in [7, 11) is 0. The Hall–Kier alpha value is -2.31. The SMILES string of the molecule is Nc1ccc(=O)n(CC(=O)OCC(=O)NCC2CC2)c1. The Labute approximate surface area is 115 Å². The number of nitrogens with one attached hydrogen (secondary N) is 1. The molecule has 1 amide bonds. The van der Waals surface area contributed by atoms with E-state index in [9.17, 15) is 14.4 Å². The maximum atomic E-state index is 11.5. The number of hydrogen-bond donors (Lipinski definition) is 2. The molecule has 1 aliphatic rings. The van der Waals surface area contributed by atoms with Crippen LogP contribution in [0.25, 0.3) is 0 Å². The van der Waals surface area contributed by atoms with Crippen molar-refractivity contribution in [2.45, 2.75) is 19.4 Å². The Balaban J connectivity index is 1.75. The van der Waals surface area contributed by atoms with E-state index < -0.39 is 5.97 Å². The molecule has 1 saturated carbocycles. The van der Waals surface area contributed by atoms with E-state index in [1.807, 2.05) is 0 Å². The van der Waals surface area contributed by atoms with Gasteiger partial charge in [-0.05, 0) is 24.8 Å². The first kappa shape index (κ1) is 14.1. The van der Waals surface area contributed by atoms with Crippen LogP contribution in [0, 0.1) is 5.92 Å². The quantitative estimate of drug-likeness (QED) is 0.683. The molecule has 1 aliphatic carbocycles. The number of esters is 1. The minimum Gasteiger partial charge on any atom is -0.454 e. The Morgan fingerprint density at radius 1 is 1.40 bits per heavy atom. The van der Waals surface area contributed by atoms with E-state index in [2.05, 4.69) is 5.32 Å². The van der Waals surface area contributed by atoms with Gasteiger partial charge >= 0.3 is 5.97 Å². The van der Waals surface area contributed by atoms with Crippen LogP contribution in [0.15, 0.2) is 23.1 Å². The van der Waals surface area contributed by atoms with Gasteiger partial charge in [-0.2, -0.15) is 0 Å². The number of hydrogen-bond acceptors (Lipinski definition) is 5. The van der Waals surface area contributed by atoms with Gasteiger partial charge in [0, 0.05) is 24.5 Å². The standard InChI is InChI=1S/C13H17N3O4/c14-10-3-4-12(18)16(6-10)7-13(19)20-8-11(17)15-5-9-1-2-9/h3-4,6,9H,1-2,5,7-8,14H2,(H,15,17). The fourth-order valence-corrected chi connectivity index (χ4v) is 1.64. The first-order valence-electron chi connectivity index (χ1n) is 6.43. The number of carbonyl (C=O) groups excluding carboxylic acids is 2. The number of carbonyl (C=O) groups is 2. The molecule has 0 bridgehead atoms. The molecule has 1 aromatic rings. The molecule has 7 nitrogen and oxygen atoms in total. The molecular weight excluding hydrogens is 262 g/mol. The molecule has 3 N–H and O–H groups in total. The van der Waals surface area contributed by atoms with Gasteiger partial charge in [0.25, 0.3) is 11.5 Å². The fourth-order valence-electron chi connectivity index (χ4n) is 1.64. The van der Waals surface area contributed by atoms with Crippen molar-refractivity contribution in [1.29, 1.82) is 0 Å². The lowest BCUT2D eigenvalue weighted by molar-refractivity contribution is -0.149. The average Bonchev–Trinajstić information content (AvgIpc) is 3.22. The molecule has 0 spiro atoms. The normalized spacial score (nSPS) is 13.8. The molecule has 0 radical (unpaired) electrons. The Morgan fingerprint density at radius 3 is 2.85 bits per heavy atom. The van der Waals surface area contributed by atoms with Crippen molar-refractivity contribution >= 4 is 17.6 Å². The molecule has 0 aromatic carbocycles. The second-order valence-corrected chi connectivity index (χ2v) is 4.84. The molecule has 7 heteroatoms. The Bertz CT molecular complexity index is 563. The van der Waals surface area contributed by atoms with E-state index in [-0.39, 0.29) is 24.6 Å². The van der Waals surface area contributed by atoms with Crippen molar-refractivity contribution in [3.05, 3.63) is 28.7 Å². The van der Waals surface area contributed by atoms with Gasteiger partial charge in [-0.3, -0.25) is 14.4 Å². The van der Waals surface area contributed by atoms with Gasteiger partial charge in [0.1, 0.15) is 6.54 Å². The highest BCUT2D eigenvalue weighted by atomic mass is 16.5. The minimum atomic E-state index is -0.653. The number of nitrogens with two attached hydrogens (primary N) is 1. The first-order chi connectivity index (χ1) is 9.54. The van der Waals surface area contributed by atoms with Crippen molar-refractivity contribution in [2.75, 3.05) is 18.9 Å². The average molecular weight is 279 g/mol. The highest BCUT2D eigenvalue weighted by Crippen LogP contribution is 2.27. The summed E-state index contributed by atoms with van der Waals surface area (Å²) in [5.41, 5.74) is 5.55. The third-order valence-corrected chi connectivity index (χ3v) is 2.95. The zero-order valence-electron chi connectivity index (χ0n) is 11.0. The zero-order valence-corrected chi connectivity index (χ0v) is 11.0. The number of rotatable bonds is 6. The van der Waals surface area contributed by atoms with Crippen LogP contribution >= 0.6 is 0 Å². The van der Waals surface area contributed by atoms with Crippen LogP contribution in [-0.2, 0) is 20.9 Å². The number of aromatic nitrogens is 1. The number of nitrogen functional groups attached to an aromatic ring is 1. The van der Waals surface area contributed by atoms with Crippen LogP contribution in [0.2, 0.25) is 0 Å². The van der Waals surface area contributed by atoms with Gasteiger partial charge in [-0.1, -0.05) is 0 Å². The first-order valence-corrected chi connectivity index (χ1v) is 6.43. The topological polar surface area (TPSA) is 103 Å². The van der Waals surface area contributed by atoms with Crippen LogP contribution in [0.1, 0.15) is 12.8 Å². The molecule has 0 unspecified atom stereocenters. The summed E-state index contributed by atoms with van der Waals surface area (Å²) in [4.78, 5) is 34.4. The van der Waals surface area contributed by atoms with E-state index in [0.717, 1.165) is 17.4 Å². The Kier molecular flexibility index (Phi) is 4.39. The second kappa shape index (κ2) is 6.23. The maximum absolute atomic E-state index is 11.5. The second-order valence-electron chi connectivity index (χ2n) is 4.84. The smallest absolute Gasteiger partial charge is 0.326 e. The van der Waals surface area contributed by atoms with Crippen LogP contribution in [0.3, 0.4) is 0 Å². The highest BCUT2D eigenvalue weighted by molar-refractivity contribution is 5.80. The third-order valence-electron chi connectivity index (χ3n) is 2.95. The van der Waals surface area contributed by atoms with Crippen molar-refractivity contribution < 1.29 is 14.3 Å². The molecule has 1 heterocycles. The molecule has 0 atom stereocenters. The van der Waals surface area contributed by atoms with E-state index in [4.69, 9.17) is 10.5 Å². The summed E-state index contributed by atoms with van der Waals surface area (Å²) in [6, 6.07) is 2.72. The summed E-state index contributed by atoms with van der Waals surface area (Å²) in [6.07, 6.45) is 3.63. The van der Waals surface area contributed by atoms with Crippen LogP contribution in [-0.4, -0.2) is 29.6 Å². The van der Waals surface area contributed by atoms with Crippen molar-refractivity contribution in [2.24, 2.45) is 5.92 Å². The largest absolute Gasteiger partial charge is 0.454 e. The summed E-state index contributed by atoms with van der Waals surface area (Å²) >= 11 is 0. The summed E-state index contributed by atoms with van der Waals surface area (Å²) in [6.45, 7) is 0.0352. The molecular formula is C13H17N3O4. The summed E-state index contributed by atoms with van der Waals surface area (Å²) in [5, 5.41) is 2.68. The van der Waals surface area contributed by atoms with Gasteiger partial charge in [-0.15, -0.1) is 0 Å². The highest BCUT2D eigenvalue weighted by Gasteiger charge is 2.21. The van der Waals surface area contributed by atoms with Crippen LogP contribution in [0.5, 0.6) is 0 Å². The molecule has 0 saturated heterocycles. The number of pyridine rings is 1. The van der Waals surface area contributed by atoms with Gasteiger partial charge in [0.2, 0.25) is 0 Å². The predicted molar refractivity (Wildman–Crippen MR) is 71.8 cm³/mol. The minimum absolute atomic E-state index is 0.264. The fraction of sp³-hybridized carbons (Fsp3) is 0.462. The molecule has 0 aliphatic heterocycles. The van der Waals surface area contributed by atoms with E-state index in [1.165, 1.54) is 18.3 Å². The lowest BCUT2D eigenvalue weighted by Crippen LogP contribution is -2.32. The molecule has 1 aromatic heterocycles. The molecule has 2 rings (SSSR count). The summed E-state index contributed by atoms with van der Waals surface area (Å²) < 4.78 is 5.94.